The first kappa shape index (κ1) is 13.0. The van der Waals surface area contributed by atoms with Crippen LogP contribution >= 0.6 is 0 Å². The summed E-state index contributed by atoms with van der Waals surface area (Å²) in [5.74, 6) is -1.18. The number of pyridine rings is 1. The predicted molar refractivity (Wildman–Crippen MR) is 64.4 cm³/mol. The fourth-order valence-electron chi connectivity index (χ4n) is 1.59. The van der Waals surface area contributed by atoms with Gasteiger partial charge in [0.2, 0.25) is 0 Å². The second-order valence-corrected chi connectivity index (χ2v) is 4.04. The van der Waals surface area contributed by atoms with Gasteiger partial charge in [-0.1, -0.05) is 0 Å². The van der Waals surface area contributed by atoms with Gasteiger partial charge in [-0.05, 0) is 19.1 Å². The molecule has 0 bridgehead atoms. The first-order valence-corrected chi connectivity index (χ1v) is 5.76. The Hall–Kier alpha value is -2.44. The number of hydrogen-bond acceptors (Lipinski definition) is 5. The number of carbonyl (C=O) groups excluding carboxylic acids is 3. The lowest BCUT2D eigenvalue weighted by Gasteiger charge is -2.12. The minimum Gasteiger partial charge on any atom is -0.452 e. The summed E-state index contributed by atoms with van der Waals surface area (Å²) in [5, 5.41) is 2.49. The second-order valence-electron chi connectivity index (χ2n) is 4.04. The van der Waals surface area contributed by atoms with E-state index in [1.165, 1.54) is 6.20 Å². The zero-order chi connectivity index (χ0) is 13.8. The minimum atomic E-state index is -0.638. The molecule has 19 heavy (non-hydrogen) atoms. The van der Waals surface area contributed by atoms with Gasteiger partial charge < -0.3 is 10.1 Å². The molecule has 1 fully saturated rings. The van der Waals surface area contributed by atoms with E-state index in [9.17, 15) is 14.4 Å². The smallest absolute Gasteiger partial charge is 0.340 e. The molecule has 1 aliphatic heterocycles. The highest BCUT2D eigenvalue weighted by atomic mass is 16.5. The van der Waals surface area contributed by atoms with Gasteiger partial charge >= 0.3 is 12.0 Å². The number of amides is 3. The van der Waals surface area contributed by atoms with Gasteiger partial charge in [-0.2, -0.15) is 0 Å². The van der Waals surface area contributed by atoms with E-state index in [0.29, 0.717) is 13.1 Å². The summed E-state index contributed by atoms with van der Waals surface area (Å²) >= 11 is 0. The third kappa shape index (κ3) is 3.06. The number of imide groups is 1. The summed E-state index contributed by atoms with van der Waals surface area (Å²) in [6, 6.07) is 2.78. The number of esters is 1. The number of aromatic nitrogens is 1. The molecule has 7 heteroatoms. The lowest BCUT2D eigenvalue weighted by Crippen LogP contribution is -2.37. The summed E-state index contributed by atoms with van der Waals surface area (Å²) < 4.78 is 4.84. The number of aryl methyl sites for hydroxylation is 1. The van der Waals surface area contributed by atoms with Crippen LogP contribution in [-0.2, 0) is 9.53 Å². The third-order valence-corrected chi connectivity index (χ3v) is 2.63. The van der Waals surface area contributed by atoms with Crippen molar-refractivity contribution >= 4 is 17.9 Å². The van der Waals surface area contributed by atoms with Crippen molar-refractivity contribution in [3.63, 3.8) is 0 Å². The molecule has 0 spiro atoms. The van der Waals surface area contributed by atoms with Crippen LogP contribution in [0.1, 0.15) is 16.1 Å². The van der Waals surface area contributed by atoms with Gasteiger partial charge in [0.05, 0.1) is 5.56 Å². The summed E-state index contributed by atoms with van der Waals surface area (Å²) in [7, 11) is 0. The average molecular weight is 263 g/mol. The summed E-state index contributed by atoms with van der Waals surface area (Å²) in [4.78, 5) is 39.4. The Morgan fingerprint density at radius 3 is 2.84 bits per heavy atom. The van der Waals surface area contributed by atoms with Crippen molar-refractivity contribution < 1.29 is 19.1 Å². The van der Waals surface area contributed by atoms with Crippen molar-refractivity contribution in [2.75, 3.05) is 19.7 Å². The van der Waals surface area contributed by atoms with E-state index in [0.717, 1.165) is 10.6 Å². The number of ether oxygens (including phenoxy) is 1. The zero-order valence-electron chi connectivity index (χ0n) is 10.4. The molecule has 1 aromatic heterocycles. The van der Waals surface area contributed by atoms with E-state index in [1.807, 2.05) is 0 Å². The highest BCUT2D eigenvalue weighted by Gasteiger charge is 2.26. The van der Waals surface area contributed by atoms with Crippen LogP contribution in [0.4, 0.5) is 4.79 Å². The van der Waals surface area contributed by atoms with Crippen LogP contribution in [0.2, 0.25) is 0 Å². The molecule has 0 radical (unpaired) electrons. The fraction of sp³-hybridized carbons (Fsp3) is 0.333. The molecule has 1 N–H and O–H groups in total. The first-order valence-electron chi connectivity index (χ1n) is 5.76. The van der Waals surface area contributed by atoms with Gasteiger partial charge in [0.25, 0.3) is 5.91 Å². The Bertz CT molecular complexity index is 512. The lowest BCUT2D eigenvalue weighted by atomic mass is 10.2. The number of hydrogen-bond donors (Lipinski definition) is 1. The summed E-state index contributed by atoms with van der Waals surface area (Å²) in [5.41, 5.74) is 1.05. The van der Waals surface area contributed by atoms with Crippen LogP contribution in [0.5, 0.6) is 0 Å². The Labute approximate surface area is 109 Å². The van der Waals surface area contributed by atoms with Gasteiger partial charge in [0.1, 0.15) is 0 Å². The van der Waals surface area contributed by atoms with Crippen LogP contribution in [0.25, 0.3) is 0 Å². The maximum Gasteiger partial charge on any atom is 0.340 e. The van der Waals surface area contributed by atoms with Crippen LogP contribution in [-0.4, -0.2) is 47.5 Å². The van der Waals surface area contributed by atoms with E-state index >= 15 is 0 Å². The Balaban J connectivity index is 1.88. The number of rotatable bonds is 3. The van der Waals surface area contributed by atoms with E-state index in [1.54, 1.807) is 19.1 Å². The van der Waals surface area contributed by atoms with Crippen molar-refractivity contribution in [1.29, 1.82) is 0 Å². The summed E-state index contributed by atoms with van der Waals surface area (Å²) in [6.45, 7) is 2.05. The van der Waals surface area contributed by atoms with Crippen molar-refractivity contribution in [2.24, 2.45) is 0 Å². The number of nitrogens with zero attached hydrogens (tertiary/aromatic N) is 2. The van der Waals surface area contributed by atoms with E-state index < -0.39 is 24.5 Å². The van der Waals surface area contributed by atoms with E-state index in [2.05, 4.69) is 10.3 Å². The maximum absolute atomic E-state index is 11.6. The molecule has 3 amide bonds. The third-order valence-electron chi connectivity index (χ3n) is 2.63. The quantitative estimate of drug-likeness (QED) is 0.781. The molecule has 2 heterocycles. The highest BCUT2D eigenvalue weighted by Crippen LogP contribution is 2.03. The molecule has 0 aromatic carbocycles. The normalized spacial score (nSPS) is 14.2. The second kappa shape index (κ2) is 5.47. The zero-order valence-corrected chi connectivity index (χ0v) is 10.4. The Kier molecular flexibility index (Phi) is 3.74. The minimum absolute atomic E-state index is 0.268. The van der Waals surface area contributed by atoms with Gasteiger partial charge in [0, 0.05) is 25.0 Å². The topological polar surface area (TPSA) is 88.6 Å². The van der Waals surface area contributed by atoms with Crippen molar-refractivity contribution in [3.8, 4) is 0 Å². The molecule has 100 valence electrons. The van der Waals surface area contributed by atoms with Gasteiger partial charge in [-0.3, -0.25) is 14.7 Å². The fourth-order valence-corrected chi connectivity index (χ4v) is 1.59. The van der Waals surface area contributed by atoms with E-state index in [4.69, 9.17) is 4.74 Å². The molecule has 2 rings (SSSR count). The molecule has 0 aliphatic carbocycles. The molecular formula is C12H13N3O4. The SMILES string of the molecule is Cc1ccc(C(=O)OCC(=O)N2CCNC2=O)cn1. The Morgan fingerprint density at radius 2 is 2.26 bits per heavy atom. The molecule has 1 aromatic rings. The molecule has 1 aliphatic rings. The first-order chi connectivity index (χ1) is 9.08. The van der Waals surface area contributed by atoms with Gasteiger partial charge in [0.15, 0.2) is 6.61 Å². The van der Waals surface area contributed by atoms with Crippen molar-refractivity contribution in [1.82, 2.24) is 15.2 Å². The molecule has 0 atom stereocenters. The molecular weight excluding hydrogens is 250 g/mol. The van der Waals surface area contributed by atoms with Crippen LogP contribution in [0.3, 0.4) is 0 Å². The molecule has 0 saturated carbocycles. The molecule has 0 unspecified atom stereocenters. The maximum atomic E-state index is 11.6. The van der Waals surface area contributed by atoms with Crippen LogP contribution < -0.4 is 5.32 Å². The summed E-state index contributed by atoms with van der Waals surface area (Å²) in [6.07, 6.45) is 1.38. The number of carbonyl (C=O) groups is 3. The largest absolute Gasteiger partial charge is 0.452 e. The average Bonchev–Trinajstić information content (AvgIpc) is 2.83. The monoisotopic (exact) mass is 263 g/mol. The van der Waals surface area contributed by atoms with Crippen LogP contribution in [0.15, 0.2) is 18.3 Å². The lowest BCUT2D eigenvalue weighted by molar-refractivity contribution is -0.130. The van der Waals surface area contributed by atoms with Crippen molar-refractivity contribution in [3.05, 3.63) is 29.6 Å². The number of nitrogens with one attached hydrogen (secondary N) is 1. The molecule has 1 saturated heterocycles. The number of urea groups is 1. The van der Waals surface area contributed by atoms with E-state index in [-0.39, 0.29) is 5.56 Å². The highest BCUT2D eigenvalue weighted by molar-refractivity contribution is 5.98. The standard InChI is InChI=1S/C12H13N3O4/c1-8-2-3-9(6-14-8)11(17)19-7-10(16)15-5-4-13-12(15)18/h2-3,6H,4-5,7H2,1H3,(H,13,18). The van der Waals surface area contributed by atoms with Gasteiger partial charge in [-0.15, -0.1) is 0 Å². The predicted octanol–water partition coefficient (Wildman–Crippen LogP) is 0.0986. The van der Waals surface area contributed by atoms with Gasteiger partial charge in [-0.25, -0.2) is 9.59 Å². The van der Waals surface area contributed by atoms with Crippen molar-refractivity contribution in [2.45, 2.75) is 6.92 Å². The molecule has 7 nitrogen and oxygen atoms in total. The van der Waals surface area contributed by atoms with Crippen LogP contribution in [0, 0.1) is 6.92 Å². The Morgan fingerprint density at radius 1 is 1.47 bits per heavy atom.